The number of carbonyl (C=O) groups excluding carboxylic acids is 1. The van der Waals surface area contributed by atoms with Crippen LogP contribution in [0.25, 0.3) is 0 Å². The Morgan fingerprint density at radius 1 is 1.62 bits per heavy atom. The highest BCUT2D eigenvalue weighted by molar-refractivity contribution is 7.80. The van der Waals surface area contributed by atoms with Gasteiger partial charge >= 0.3 is 5.97 Å². The Bertz CT molecular complexity index is 313. The molecule has 0 atom stereocenters. The lowest BCUT2D eigenvalue weighted by atomic mass is 10.4. The highest BCUT2D eigenvalue weighted by atomic mass is 32.1. The van der Waals surface area contributed by atoms with Gasteiger partial charge in [-0.2, -0.15) is 0 Å². The molecule has 0 radical (unpaired) electrons. The maximum Gasteiger partial charge on any atom is 0.357 e. The zero-order chi connectivity index (χ0) is 9.68. The fourth-order valence-electron chi connectivity index (χ4n) is 0.694. The smallest absolute Gasteiger partial charge is 0.357 e. The van der Waals surface area contributed by atoms with Crippen molar-refractivity contribution in [3.8, 4) is 0 Å². The third-order valence-corrected chi connectivity index (χ3v) is 1.34. The van der Waals surface area contributed by atoms with E-state index in [0.717, 1.165) is 0 Å². The second kappa shape index (κ2) is 4.51. The van der Waals surface area contributed by atoms with E-state index in [1.165, 1.54) is 6.20 Å². The van der Waals surface area contributed by atoms with Crippen molar-refractivity contribution in [3.63, 3.8) is 0 Å². The average molecular weight is 196 g/mol. The zero-order valence-electron chi connectivity index (χ0n) is 6.77. The lowest BCUT2D eigenvalue weighted by Crippen LogP contribution is -2.19. The number of rotatable bonds is 3. The molecule has 0 saturated heterocycles. The van der Waals surface area contributed by atoms with Crippen molar-refractivity contribution in [2.75, 3.05) is 6.61 Å². The van der Waals surface area contributed by atoms with Crippen molar-refractivity contribution in [1.29, 1.82) is 0 Å². The normalized spacial score (nSPS) is 9.23. The molecule has 68 valence electrons. The van der Waals surface area contributed by atoms with Crippen molar-refractivity contribution in [2.45, 2.75) is 0 Å². The summed E-state index contributed by atoms with van der Waals surface area (Å²) in [5.74, 6) is -0.520. The summed E-state index contributed by atoms with van der Waals surface area (Å²) in [6, 6.07) is 4.97. The summed E-state index contributed by atoms with van der Waals surface area (Å²) in [5, 5.41) is 0. The SMILES string of the molecule is NC(=S)COC(=O)c1ccccn1. The first-order valence-corrected chi connectivity index (χ1v) is 3.97. The number of aromatic nitrogens is 1. The number of pyridine rings is 1. The van der Waals surface area contributed by atoms with E-state index >= 15 is 0 Å². The lowest BCUT2D eigenvalue weighted by molar-refractivity contribution is 0.0557. The predicted molar refractivity (Wildman–Crippen MR) is 51.3 cm³/mol. The van der Waals surface area contributed by atoms with E-state index in [0.29, 0.717) is 0 Å². The van der Waals surface area contributed by atoms with Crippen molar-refractivity contribution in [3.05, 3.63) is 30.1 Å². The van der Waals surface area contributed by atoms with E-state index in [2.05, 4.69) is 17.2 Å². The highest BCUT2D eigenvalue weighted by Crippen LogP contribution is 1.95. The van der Waals surface area contributed by atoms with E-state index in [1.54, 1.807) is 18.2 Å². The molecule has 0 aromatic carbocycles. The van der Waals surface area contributed by atoms with Gasteiger partial charge in [0, 0.05) is 6.20 Å². The monoisotopic (exact) mass is 196 g/mol. The van der Waals surface area contributed by atoms with Crippen LogP contribution >= 0.6 is 12.2 Å². The van der Waals surface area contributed by atoms with Gasteiger partial charge in [0.25, 0.3) is 0 Å². The van der Waals surface area contributed by atoms with Crippen LogP contribution in [-0.2, 0) is 4.74 Å². The highest BCUT2D eigenvalue weighted by Gasteiger charge is 2.07. The van der Waals surface area contributed by atoms with Gasteiger partial charge in [0.2, 0.25) is 0 Å². The second-order valence-electron chi connectivity index (χ2n) is 2.26. The molecule has 5 heteroatoms. The number of ether oxygens (including phenoxy) is 1. The Kier molecular flexibility index (Phi) is 3.33. The summed E-state index contributed by atoms with van der Waals surface area (Å²) in [7, 11) is 0. The van der Waals surface area contributed by atoms with Gasteiger partial charge in [0.05, 0.1) is 0 Å². The number of carbonyl (C=O) groups is 1. The van der Waals surface area contributed by atoms with Gasteiger partial charge in [0.1, 0.15) is 17.3 Å². The maximum atomic E-state index is 11.1. The Hall–Kier alpha value is -1.49. The van der Waals surface area contributed by atoms with Gasteiger partial charge < -0.3 is 10.5 Å². The van der Waals surface area contributed by atoms with E-state index in [-0.39, 0.29) is 17.3 Å². The van der Waals surface area contributed by atoms with Crippen molar-refractivity contribution in [2.24, 2.45) is 5.73 Å². The first kappa shape index (κ1) is 9.60. The van der Waals surface area contributed by atoms with E-state index in [1.807, 2.05) is 0 Å². The molecule has 0 spiro atoms. The lowest BCUT2D eigenvalue weighted by Gasteiger charge is -2.01. The van der Waals surface area contributed by atoms with Crippen LogP contribution in [0.15, 0.2) is 24.4 Å². The van der Waals surface area contributed by atoms with Gasteiger partial charge in [-0.15, -0.1) is 0 Å². The Balaban J connectivity index is 2.54. The molecule has 1 aromatic heterocycles. The first-order chi connectivity index (χ1) is 6.20. The number of esters is 1. The Morgan fingerprint density at radius 2 is 2.38 bits per heavy atom. The topological polar surface area (TPSA) is 65.2 Å². The van der Waals surface area contributed by atoms with Crippen LogP contribution in [0.4, 0.5) is 0 Å². The minimum atomic E-state index is -0.520. The Labute approximate surface area is 80.7 Å². The van der Waals surface area contributed by atoms with Crippen LogP contribution in [0.5, 0.6) is 0 Å². The fourth-order valence-corrected chi connectivity index (χ4v) is 0.753. The third kappa shape index (κ3) is 3.16. The molecule has 0 amide bonds. The third-order valence-electron chi connectivity index (χ3n) is 1.22. The molecule has 1 aromatic rings. The number of nitrogens with zero attached hydrogens (tertiary/aromatic N) is 1. The largest absolute Gasteiger partial charge is 0.454 e. The number of nitrogens with two attached hydrogens (primary N) is 1. The molecule has 0 aliphatic rings. The predicted octanol–water partition coefficient (Wildman–Crippen LogP) is 0.525. The van der Waals surface area contributed by atoms with Crippen molar-refractivity contribution < 1.29 is 9.53 Å². The maximum absolute atomic E-state index is 11.1. The zero-order valence-corrected chi connectivity index (χ0v) is 7.58. The molecule has 0 aliphatic carbocycles. The standard InChI is InChI=1S/C8H8N2O2S/c9-7(13)5-12-8(11)6-3-1-2-4-10-6/h1-4H,5H2,(H2,9,13). The quantitative estimate of drug-likeness (QED) is 0.564. The van der Waals surface area contributed by atoms with Crippen LogP contribution < -0.4 is 5.73 Å². The molecule has 0 bridgehead atoms. The van der Waals surface area contributed by atoms with Gasteiger partial charge in [-0.25, -0.2) is 9.78 Å². The molecule has 1 heterocycles. The summed E-state index contributed by atoms with van der Waals surface area (Å²) >= 11 is 4.54. The molecule has 1 rings (SSSR count). The summed E-state index contributed by atoms with van der Waals surface area (Å²) in [4.78, 5) is 15.1. The molecular weight excluding hydrogens is 188 g/mol. The van der Waals surface area contributed by atoms with Crippen LogP contribution in [0.2, 0.25) is 0 Å². The molecular formula is C8H8N2O2S. The molecule has 13 heavy (non-hydrogen) atoms. The Morgan fingerprint density at radius 3 is 2.92 bits per heavy atom. The summed E-state index contributed by atoms with van der Waals surface area (Å²) in [6.45, 7) is -0.0509. The van der Waals surface area contributed by atoms with Crippen molar-refractivity contribution >= 4 is 23.2 Å². The average Bonchev–Trinajstić information content (AvgIpc) is 2.15. The minimum absolute atomic E-state index is 0.0509. The fraction of sp³-hybridized carbons (Fsp3) is 0.125. The summed E-state index contributed by atoms with van der Waals surface area (Å²) in [5.41, 5.74) is 5.40. The number of hydrogen-bond donors (Lipinski definition) is 1. The van der Waals surface area contributed by atoms with E-state index in [4.69, 9.17) is 10.5 Å². The van der Waals surface area contributed by atoms with Gasteiger partial charge in [-0.1, -0.05) is 18.3 Å². The molecule has 2 N–H and O–H groups in total. The molecule has 4 nitrogen and oxygen atoms in total. The van der Waals surface area contributed by atoms with Gasteiger partial charge in [0.15, 0.2) is 0 Å². The number of thiocarbonyl (C=S) groups is 1. The van der Waals surface area contributed by atoms with Crippen LogP contribution in [0.3, 0.4) is 0 Å². The molecule has 0 aliphatic heterocycles. The minimum Gasteiger partial charge on any atom is -0.454 e. The summed E-state index contributed by atoms with van der Waals surface area (Å²) < 4.78 is 4.72. The van der Waals surface area contributed by atoms with Crippen LogP contribution in [0.1, 0.15) is 10.5 Å². The molecule has 0 unspecified atom stereocenters. The van der Waals surface area contributed by atoms with Crippen LogP contribution in [-0.4, -0.2) is 22.5 Å². The molecule has 0 saturated carbocycles. The van der Waals surface area contributed by atoms with Crippen LogP contribution in [0, 0.1) is 0 Å². The molecule has 0 fully saturated rings. The number of hydrogen-bond acceptors (Lipinski definition) is 4. The van der Waals surface area contributed by atoms with Gasteiger partial charge in [-0.05, 0) is 12.1 Å². The van der Waals surface area contributed by atoms with E-state index < -0.39 is 5.97 Å². The summed E-state index contributed by atoms with van der Waals surface area (Å²) in [6.07, 6.45) is 1.51. The van der Waals surface area contributed by atoms with Crippen molar-refractivity contribution in [1.82, 2.24) is 4.98 Å². The van der Waals surface area contributed by atoms with E-state index in [9.17, 15) is 4.79 Å². The second-order valence-corrected chi connectivity index (χ2v) is 2.78. The first-order valence-electron chi connectivity index (χ1n) is 3.56. The van der Waals surface area contributed by atoms with Gasteiger partial charge in [-0.3, -0.25) is 0 Å².